The van der Waals surface area contributed by atoms with Crippen molar-refractivity contribution in [2.45, 2.75) is 12.4 Å². The van der Waals surface area contributed by atoms with Gasteiger partial charge in [-0.15, -0.1) is 0 Å². The van der Waals surface area contributed by atoms with Crippen molar-refractivity contribution >= 4 is 0 Å². The molecule has 0 aliphatic heterocycles. The first-order valence-corrected chi connectivity index (χ1v) is 5.69. The van der Waals surface area contributed by atoms with Crippen molar-refractivity contribution in [2.75, 3.05) is 34.2 Å². The highest BCUT2D eigenvalue weighted by atomic mass is 16.7. The first-order valence-electron chi connectivity index (χ1n) is 5.69. The van der Waals surface area contributed by atoms with E-state index in [0.29, 0.717) is 18.8 Å². The average molecular weight is 255 g/mol. The smallest absolute Gasteiger partial charge is 0.219 e. The van der Waals surface area contributed by atoms with E-state index in [4.69, 9.17) is 18.9 Å². The molecule has 5 heteroatoms. The minimum Gasteiger partial charge on any atom is -0.382 e. The van der Waals surface area contributed by atoms with Gasteiger partial charge in [-0.05, 0) is 0 Å². The Morgan fingerprint density at radius 2 is 1.83 bits per heavy atom. The highest BCUT2D eigenvalue weighted by molar-refractivity contribution is 5.15. The summed E-state index contributed by atoms with van der Waals surface area (Å²) < 4.78 is 20.3. The molecule has 0 aliphatic rings. The van der Waals surface area contributed by atoms with Crippen molar-refractivity contribution in [3.63, 3.8) is 0 Å². The van der Waals surface area contributed by atoms with E-state index in [-0.39, 0.29) is 12.9 Å². The molecule has 1 radical (unpaired) electrons. The molecule has 0 aromatic heterocycles. The Balaban J connectivity index is 2.18. The second-order valence-electron chi connectivity index (χ2n) is 3.71. The molecule has 0 bridgehead atoms. The molecule has 18 heavy (non-hydrogen) atoms. The molecule has 2 unspecified atom stereocenters. The van der Waals surface area contributed by atoms with Crippen LogP contribution in [-0.4, -0.2) is 40.3 Å². The predicted octanol–water partition coefficient (Wildman–Crippen LogP) is 1.77. The number of methoxy groups -OCH3 is 2. The Hall–Kier alpha value is -0.980. The zero-order chi connectivity index (χ0) is 13.2. The van der Waals surface area contributed by atoms with Gasteiger partial charge in [-0.2, -0.15) is 5.11 Å². The fourth-order valence-electron chi connectivity index (χ4n) is 1.37. The Morgan fingerprint density at radius 1 is 1.11 bits per heavy atom. The Bertz CT molecular complexity index is 304. The lowest BCUT2D eigenvalue weighted by molar-refractivity contribution is -0.207. The summed E-state index contributed by atoms with van der Waals surface area (Å²) in [6.45, 7) is 0.703. The second kappa shape index (κ2) is 9.02. The van der Waals surface area contributed by atoms with E-state index in [1.165, 1.54) is 0 Å². The van der Waals surface area contributed by atoms with Gasteiger partial charge in [0.05, 0.1) is 13.2 Å². The first-order chi connectivity index (χ1) is 8.77. The van der Waals surface area contributed by atoms with Crippen molar-refractivity contribution in [1.82, 2.24) is 0 Å². The van der Waals surface area contributed by atoms with Crippen molar-refractivity contribution in [1.29, 1.82) is 0 Å². The molecular formula is C13H19O5. The molecule has 5 nitrogen and oxygen atoms in total. The third-order valence-corrected chi connectivity index (χ3v) is 2.36. The van der Waals surface area contributed by atoms with E-state index < -0.39 is 6.29 Å². The average Bonchev–Trinajstić information content (AvgIpc) is 2.43. The minimum atomic E-state index is -1.23. The quantitative estimate of drug-likeness (QED) is 0.498. The molecule has 0 amide bonds. The molecule has 0 heterocycles. The monoisotopic (exact) mass is 255 g/mol. The molecule has 0 saturated heterocycles. The van der Waals surface area contributed by atoms with Gasteiger partial charge in [0.2, 0.25) is 6.29 Å². The number of rotatable bonds is 9. The van der Waals surface area contributed by atoms with E-state index in [1.54, 1.807) is 38.5 Å². The number of hydrogen-bond acceptors (Lipinski definition) is 4. The summed E-state index contributed by atoms with van der Waals surface area (Å²) >= 11 is 0. The van der Waals surface area contributed by atoms with Gasteiger partial charge in [-0.3, -0.25) is 0 Å². The summed E-state index contributed by atoms with van der Waals surface area (Å²) in [5, 5.41) is 11.6. The van der Waals surface area contributed by atoms with E-state index in [1.807, 2.05) is 6.07 Å². The minimum absolute atomic E-state index is 0.0629. The largest absolute Gasteiger partial charge is 0.382 e. The second-order valence-corrected chi connectivity index (χ2v) is 3.71. The Kier molecular flexibility index (Phi) is 7.55. The number of ether oxygens (including phenoxy) is 4. The fraction of sp³-hybridized carbons (Fsp3) is 0.538. The third kappa shape index (κ3) is 5.57. The molecule has 1 aromatic carbocycles. The maximum atomic E-state index is 11.6. The summed E-state index contributed by atoms with van der Waals surface area (Å²) in [5.41, 5.74) is 0.585. The van der Waals surface area contributed by atoms with Crippen LogP contribution in [0.3, 0.4) is 0 Å². The van der Waals surface area contributed by atoms with Crippen molar-refractivity contribution in [3.05, 3.63) is 35.9 Å². The SMILES string of the molecule is COCC(COCOC([O])c1ccccc1)OC. The summed E-state index contributed by atoms with van der Waals surface area (Å²) in [6, 6.07) is 8.88. The molecule has 0 spiro atoms. The van der Waals surface area contributed by atoms with Crippen molar-refractivity contribution in [3.8, 4) is 0 Å². The molecule has 101 valence electrons. The fourth-order valence-corrected chi connectivity index (χ4v) is 1.37. The molecule has 2 atom stereocenters. The van der Waals surface area contributed by atoms with Gasteiger partial charge >= 0.3 is 0 Å². The Labute approximate surface area is 107 Å². The lowest BCUT2D eigenvalue weighted by Crippen LogP contribution is -2.24. The lowest BCUT2D eigenvalue weighted by Gasteiger charge is -2.15. The highest BCUT2D eigenvalue weighted by Crippen LogP contribution is 2.13. The van der Waals surface area contributed by atoms with Crippen LogP contribution in [0.4, 0.5) is 0 Å². The normalized spacial score (nSPS) is 14.4. The zero-order valence-electron chi connectivity index (χ0n) is 10.7. The summed E-state index contributed by atoms with van der Waals surface area (Å²) in [4.78, 5) is 0. The van der Waals surface area contributed by atoms with Gasteiger partial charge in [0.15, 0.2) is 6.79 Å². The summed E-state index contributed by atoms with van der Waals surface area (Å²) in [6.07, 6.45) is -1.38. The van der Waals surface area contributed by atoms with Crippen LogP contribution in [0, 0.1) is 0 Å². The molecular weight excluding hydrogens is 236 g/mol. The van der Waals surface area contributed by atoms with Gasteiger partial charge in [0, 0.05) is 19.8 Å². The van der Waals surface area contributed by atoms with Crippen LogP contribution >= 0.6 is 0 Å². The highest BCUT2D eigenvalue weighted by Gasteiger charge is 2.10. The lowest BCUT2D eigenvalue weighted by atomic mass is 10.2. The molecule has 1 aromatic rings. The van der Waals surface area contributed by atoms with E-state index >= 15 is 0 Å². The maximum Gasteiger partial charge on any atom is 0.219 e. The van der Waals surface area contributed by atoms with Crippen LogP contribution in [0.15, 0.2) is 30.3 Å². The van der Waals surface area contributed by atoms with Crippen LogP contribution < -0.4 is 0 Å². The van der Waals surface area contributed by atoms with Crippen LogP contribution in [0.5, 0.6) is 0 Å². The molecule has 1 rings (SSSR count). The van der Waals surface area contributed by atoms with Crippen LogP contribution in [0.25, 0.3) is 0 Å². The van der Waals surface area contributed by atoms with Gasteiger partial charge in [0.25, 0.3) is 0 Å². The number of benzene rings is 1. The van der Waals surface area contributed by atoms with E-state index in [9.17, 15) is 5.11 Å². The zero-order valence-corrected chi connectivity index (χ0v) is 10.7. The van der Waals surface area contributed by atoms with Gasteiger partial charge in [-0.1, -0.05) is 30.3 Å². The predicted molar refractivity (Wildman–Crippen MR) is 64.4 cm³/mol. The molecule has 0 aliphatic carbocycles. The first kappa shape index (κ1) is 15.1. The maximum absolute atomic E-state index is 11.6. The van der Waals surface area contributed by atoms with E-state index in [0.717, 1.165) is 0 Å². The molecule has 0 saturated carbocycles. The van der Waals surface area contributed by atoms with Crippen LogP contribution in [0.1, 0.15) is 11.9 Å². The van der Waals surface area contributed by atoms with E-state index in [2.05, 4.69) is 0 Å². The summed E-state index contributed by atoms with van der Waals surface area (Å²) in [7, 11) is 3.17. The van der Waals surface area contributed by atoms with Gasteiger partial charge in [0.1, 0.15) is 6.10 Å². The van der Waals surface area contributed by atoms with Crippen LogP contribution in [0.2, 0.25) is 0 Å². The van der Waals surface area contributed by atoms with Crippen molar-refractivity contribution in [2.24, 2.45) is 0 Å². The molecule has 0 fully saturated rings. The topological polar surface area (TPSA) is 56.8 Å². The van der Waals surface area contributed by atoms with Crippen molar-refractivity contribution < 1.29 is 24.1 Å². The van der Waals surface area contributed by atoms with Gasteiger partial charge in [-0.25, -0.2) is 0 Å². The number of hydrogen-bond donors (Lipinski definition) is 0. The standard InChI is InChI=1S/C13H19O5/c1-15-8-12(16-2)9-17-10-18-13(14)11-6-4-3-5-7-11/h3-7,12-13H,8-10H2,1-2H3. The van der Waals surface area contributed by atoms with Gasteiger partial charge < -0.3 is 18.9 Å². The third-order valence-electron chi connectivity index (χ3n) is 2.36. The Morgan fingerprint density at radius 3 is 2.44 bits per heavy atom. The molecule has 0 N–H and O–H groups in total. The van der Waals surface area contributed by atoms with Crippen LogP contribution in [-0.2, 0) is 24.1 Å². The summed E-state index contributed by atoms with van der Waals surface area (Å²) in [5.74, 6) is 0.